The van der Waals surface area contributed by atoms with Crippen LogP contribution >= 0.6 is 0 Å². The number of anilines is 1. The van der Waals surface area contributed by atoms with Crippen molar-refractivity contribution < 1.29 is 4.74 Å². The lowest BCUT2D eigenvalue weighted by atomic mass is 10.1. The monoisotopic (exact) mass is 398 g/mol. The van der Waals surface area contributed by atoms with Crippen molar-refractivity contribution >= 4 is 28.9 Å². The highest BCUT2D eigenvalue weighted by Crippen LogP contribution is 2.40. The van der Waals surface area contributed by atoms with E-state index in [-0.39, 0.29) is 0 Å². The zero-order chi connectivity index (χ0) is 20.1. The van der Waals surface area contributed by atoms with E-state index in [1.54, 1.807) is 0 Å². The molecule has 0 saturated carbocycles. The van der Waals surface area contributed by atoms with Gasteiger partial charge in [0.05, 0.1) is 42.5 Å². The van der Waals surface area contributed by atoms with Crippen LogP contribution in [0.1, 0.15) is 11.3 Å². The number of para-hydroxylation sites is 3. The van der Waals surface area contributed by atoms with Gasteiger partial charge >= 0.3 is 0 Å². The third-order valence-corrected chi connectivity index (χ3v) is 5.85. The number of benzene rings is 2. The molecule has 7 nitrogen and oxygen atoms in total. The molecule has 30 heavy (non-hydrogen) atoms. The maximum Gasteiger partial charge on any atom is 0.179 e. The first-order chi connectivity index (χ1) is 14.8. The molecule has 3 aliphatic rings. The van der Waals surface area contributed by atoms with Crippen molar-refractivity contribution in [3.8, 4) is 5.69 Å². The summed E-state index contributed by atoms with van der Waals surface area (Å²) < 4.78 is 7.52. The number of fused-ring (bicyclic) bond motifs is 4. The fourth-order valence-electron chi connectivity index (χ4n) is 4.30. The predicted molar refractivity (Wildman–Crippen MR) is 118 cm³/mol. The SMILES string of the molecule is Cc1nn(-c2ccccc2)c2c1CN1C(=N2)C(N2CCOCC2)=Nc2ccccc21. The molecule has 0 N–H and O–H groups in total. The van der Waals surface area contributed by atoms with Crippen LogP contribution in [0.3, 0.4) is 0 Å². The molecule has 3 aromatic rings. The molecular formula is C23H22N6O. The van der Waals surface area contributed by atoms with Gasteiger partial charge in [-0.3, -0.25) is 0 Å². The number of hydrogen-bond acceptors (Lipinski definition) is 6. The molecule has 1 fully saturated rings. The number of aryl methyl sites for hydroxylation is 1. The van der Waals surface area contributed by atoms with Crippen LogP contribution in [0.5, 0.6) is 0 Å². The molecule has 150 valence electrons. The zero-order valence-corrected chi connectivity index (χ0v) is 16.8. The van der Waals surface area contributed by atoms with E-state index in [4.69, 9.17) is 19.8 Å². The van der Waals surface area contributed by atoms with E-state index in [0.717, 1.165) is 65.4 Å². The molecule has 0 atom stereocenters. The zero-order valence-electron chi connectivity index (χ0n) is 16.8. The van der Waals surface area contributed by atoms with Gasteiger partial charge in [0.1, 0.15) is 0 Å². The highest BCUT2D eigenvalue weighted by Gasteiger charge is 2.35. The Kier molecular flexibility index (Phi) is 3.95. The summed E-state index contributed by atoms with van der Waals surface area (Å²) in [5.74, 6) is 2.70. The van der Waals surface area contributed by atoms with Gasteiger partial charge in [-0.15, -0.1) is 0 Å². The molecule has 0 aliphatic carbocycles. The van der Waals surface area contributed by atoms with Crippen LogP contribution in [0, 0.1) is 6.92 Å². The van der Waals surface area contributed by atoms with E-state index < -0.39 is 0 Å². The number of morpholine rings is 1. The Balaban J connectivity index is 1.54. The fourth-order valence-corrected chi connectivity index (χ4v) is 4.30. The lowest BCUT2D eigenvalue weighted by Gasteiger charge is -2.39. The summed E-state index contributed by atoms with van der Waals surface area (Å²) in [5.41, 5.74) is 5.24. The number of aliphatic imine (C=N–C) groups is 2. The van der Waals surface area contributed by atoms with Gasteiger partial charge in [0.2, 0.25) is 0 Å². The summed E-state index contributed by atoms with van der Waals surface area (Å²) in [7, 11) is 0. The Morgan fingerprint density at radius 2 is 1.63 bits per heavy atom. The molecule has 2 aromatic carbocycles. The predicted octanol–water partition coefficient (Wildman–Crippen LogP) is 3.61. The molecule has 7 heteroatoms. The Morgan fingerprint density at radius 1 is 0.867 bits per heavy atom. The minimum atomic E-state index is 0.709. The Bertz CT molecular complexity index is 1170. The van der Waals surface area contributed by atoms with E-state index in [2.05, 4.69) is 47.1 Å². The van der Waals surface area contributed by atoms with E-state index in [0.29, 0.717) is 13.2 Å². The molecule has 0 unspecified atom stereocenters. The Morgan fingerprint density at radius 3 is 2.47 bits per heavy atom. The number of nitrogens with zero attached hydrogens (tertiary/aromatic N) is 6. The second kappa shape index (κ2) is 6.81. The van der Waals surface area contributed by atoms with E-state index in [1.165, 1.54) is 0 Å². The van der Waals surface area contributed by atoms with Crippen molar-refractivity contribution in [1.82, 2.24) is 14.7 Å². The lowest BCUT2D eigenvalue weighted by Crippen LogP contribution is -2.51. The van der Waals surface area contributed by atoms with Crippen LogP contribution in [0.2, 0.25) is 0 Å². The minimum absolute atomic E-state index is 0.709. The van der Waals surface area contributed by atoms with Gasteiger partial charge in [0, 0.05) is 18.7 Å². The quantitative estimate of drug-likeness (QED) is 0.628. The Labute approximate surface area is 174 Å². The van der Waals surface area contributed by atoms with E-state index in [9.17, 15) is 0 Å². The van der Waals surface area contributed by atoms with Gasteiger partial charge in [0.25, 0.3) is 0 Å². The average Bonchev–Trinajstić information content (AvgIpc) is 3.14. The number of rotatable bonds is 1. The maximum absolute atomic E-state index is 5.57. The van der Waals surface area contributed by atoms with Crippen LogP contribution in [0.25, 0.3) is 5.69 Å². The molecular weight excluding hydrogens is 376 g/mol. The molecule has 0 radical (unpaired) electrons. The molecule has 0 spiro atoms. The highest BCUT2D eigenvalue weighted by molar-refractivity contribution is 6.47. The van der Waals surface area contributed by atoms with Gasteiger partial charge in [-0.25, -0.2) is 14.7 Å². The fraction of sp³-hybridized carbons (Fsp3) is 0.261. The van der Waals surface area contributed by atoms with Crippen molar-refractivity contribution in [2.24, 2.45) is 9.98 Å². The lowest BCUT2D eigenvalue weighted by molar-refractivity contribution is 0.0688. The van der Waals surface area contributed by atoms with Gasteiger partial charge in [-0.1, -0.05) is 30.3 Å². The second-order valence-corrected chi connectivity index (χ2v) is 7.68. The van der Waals surface area contributed by atoms with Crippen LogP contribution < -0.4 is 4.90 Å². The van der Waals surface area contributed by atoms with Crippen LogP contribution in [-0.2, 0) is 11.3 Å². The van der Waals surface area contributed by atoms with Gasteiger partial charge < -0.3 is 14.5 Å². The first kappa shape index (κ1) is 17.4. The molecule has 6 rings (SSSR count). The summed E-state index contributed by atoms with van der Waals surface area (Å²) >= 11 is 0. The highest BCUT2D eigenvalue weighted by atomic mass is 16.5. The second-order valence-electron chi connectivity index (χ2n) is 7.68. The topological polar surface area (TPSA) is 58.2 Å². The van der Waals surface area contributed by atoms with E-state index >= 15 is 0 Å². The molecule has 0 bridgehead atoms. The maximum atomic E-state index is 5.57. The van der Waals surface area contributed by atoms with Crippen molar-refractivity contribution in [1.29, 1.82) is 0 Å². The van der Waals surface area contributed by atoms with Crippen molar-refractivity contribution in [3.05, 3.63) is 65.9 Å². The summed E-state index contributed by atoms with van der Waals surface area (Å²) in [6.07, 6.45) is 0. The number of amidine groups is 2. The van der Waals surface area contributed by atoms with E-state index in [1.807, 2.05) is 28.9 Å². The minimum Gasteiger partial charge on any atom is -0.378 e. The number of ether oxygens (including phenoxy) is 1. The summed E-state index contributed by atoms with van der Waals surface area (Å²) in [6, 6.07) is 18.5. The standard InChI is InChI=1S/C23H22N6O/c1-16-18-15-28-20-10-6-5-9-19(20)24-22(27-11-13-30-14-12-27)23(28)25-21(18)29(26-16)17-7-3-2-4-8-17/h2-10H,11-15H2,1H3. The smallest absolute Gasteiger partial charge is 0.179 e. The molecule has 0 amide bonds. The van der Waals surface area contributed by atoms with Gasteiger partial charge in [0.15, 0.2) is 17.5 Å². The first-order valence-corrected chi connectivity index (χ1v) is 10.3. The van der Waals surface area contributed by atoms with Gasteiger partial charge in [-0.05, 0) is 31.2 Å². The summed E-state index contributed by atoms with van der Waals surface area (Å²) in [5, 5.41) is 4.82. The van der Waals surface area contributed by atoms with Crippen molar-refractivity contribution in [2.75, 3.05) is 31.2 Å². The van der Waals surface area contributed by atoms with Crippen molar-refractivity contribution in [3.63, 3.8) is 0 Å². The van der Waals surface area contributed by atoms with Crippen LogP contribution in [0.4, 0.5) is 17.2 Å². The molecule has 1 saturated heterocycles. The number of aromatic nitrogens is 2. The third-order valence-electron chi connectivity index (χ3n) is 5.85. The van der Waals surface area contributed by atoms with Crippen molar-refractivity contribution in [2.45, 2.75) is 13.5 Å². The molecule has 4 heterocycles. The normalized spacial score (nSPS) is 17.6. The molecule has 1 aromatic heterocycles. The largest absolute Gasteiger partial charge is 0.378 e. The third kappa shape index (κ3) is 2.66. The number of hydrogen-bond donors (Lipinski definition) is 0. The van der Waals surface area contributed by atoms with Gasteiger partial charge in [-0.2, -0.15) is 5.10 Å². The molecule has 3 aliphatic heterocycles. The summed E-state index contributed by atoms with van der Waals surface area (Å²) in [4.78, 5) is 14.7. The van der Waals surface area contributed by atoms with Crippen LogP contribution in [0.15, 0.2) is 64.6 Å². The Hall–Kier alpha value is -3.45. The average molecular weight is 398 g/mol. The first-order valence-electron chi connectivity index (χ1n) is 10.3. The van der Waals surface area contributed by atoms with Crippen LogP contribution in [-0.4, -0.2) is 52.7 Å². The summed E-state index contributed by atoms with van der Waals surface area (Å²) in [6.45, 7) is 5.84.